The summed E-state index contributed by atoms with van der Waals surface area (Å²) in [6, 6.07) is 25.8. The zero-order valence-corrected chi connectivity index (χ0v) is 17.0. The molecule has 6 nitrogen and oxygen atoms in total. The Bertz CT molecular complexity index is 1000. The van der Waals surface area contributed by atoms with Crippen molar-refractivity contribution < 1.29 is 9.59 Å². The number of para-hydroxylation sites is 1. The highest BCUT2D eigenvalue weighted by atomic mass is 16.2. The Labute approximate surface area is 176 Å². The molecule has 0 atom stereocenters. The highest BCUT2D eigenvalue weighted by molar-refractivity contribution is 6.08. The zero-order valence-electron chi connectivity index (χ0n) is 17.0. The lowest BCUT2D eigenvalue weighted by Crippen LogP contribution is -2.39. The van der Waals surface area contributed by atoms with Crippen LogP contribution in [0.1, 0.15) is 15.9 Å². The molecule has 0 radical (unpaired) electrons. The van der Waals surface area contributed by atoms with Crippen LogP contribution in [0.15, 0.2) is 90.0 Å². The second-order valence-electron chi connectivity index (χ2n) is 6.87. The van der Waals surface area contributed by atoms with Crippen molar-refractivity contribution in [1.82, 2.24) is 5.43 Å². The predicted octanol–water partition coefficient (Wildman–Crippen LogP) is 3.55. The van der Waals surface area contributed by atoms with E-state index >= 15 is 0 Å². The summed E-state index contributed by atoms with van der Waals surface area (Å²) in [5, 5.41) is 4.02. The van der Waals surface area contributed by atoms with Crippen LogP contribution in [0.4, 0.5) is 11.4 Å². The van der Waals surface area contributed by atoms with Crippen LogP contribution in [0.2, 0.25) is 0 Å². The third-order valence-corrected chi connectivity index (χ3v) is 4.45. The van der Waals surface area contributed by atoms with Gasteiger partial charge >= 0.3 is 0 Å². The van der Waals surface area contributed by atoms with E-state index in [-0.39, 0.29) is 18.4 Å². The number of carbonyl (C=O) groups is 2. The van der Waals surface area contributed by atoms with Crippen molar-refractivity contribution in [3.8, 4) is 0 Å². The van der Waals surface area contributed by atoms with Gasteiger partial charge in [-0.2, -0.15) is 5.10 Å². The minimum absolute atomic E-state index is 0.144. The number of benzene rings is 3. The number of hydrogen-bond donors (Lipinski definition) is 1. The van der Waals surface area contributed by atoms with Gasteiger partial charge in [0.15, 0.2) is 0 Å². The molecule has 1 N–H and O–H groups in total. The second-order valence-corrected chi connectivity index (χ2v) is 6.87. The molecular formula is C24H24N4O2. The average molecular weight is 400 g/mol. The van der Waals surface area contributed by atoms with E-state index < -0.39 is 0 Å². The van der Waals surface area contributed by atoms with Gasteiger partial charge in [0.25, 0.3) is 11.8 Å². The summed E-state index contributed by atoms with van der Waals surface area (Å²) < 4.78 is 0. The van der Waals surface area contributed by atoms with Crippen molar-refractivity contribution >= 4 is 29.4 Å². The number of carbonyl (C=O) groups excluding carboxylic acids is 2. The number of rotatable bonds is 7. The monoisotopic (exact) mass is 400 g/mol. The SMILES string of the molecule is CN(C)c1ccc(/C=N\NC(=O)CN(C(=O)c2ccccc2)c2ccccc2)cc1. The van der Waals surface area contributed by atoms with Gasteiger partial charge in [-0.3, -0.25) is 14.5 Å². The molecule has 3 aromatic rings. The van der Waals surface area contributed by atoms with E-state index in [1.54, 1.807) is 42.6 Å². The fraction of sp³-hybridized carbons (Fsp3) is 0.125. The van der Waals surface area contributed by atoms with Gasteiger partial charge in [-0.1, -0.05) is 48.5 Å². The molecule has 6 heteroatoms. The number of hydrogen-bond acceptors (Lipinski definition) is 4. The highest BCUT2D eigenvalue weighted by Gasteiger charge is 2.20. The Morgan fingerprint density at radius 2 is 1.43 bits per heavy atom. The molecule has 0 fully saturated rings. The third kappa shape index (κ3) is 5.54. The van der Waals surface area contributed by atoms with Crippen LogP contribution in [0, 0.1) is 0 Å². The zero-order chi connectivity index (χ0) is 21.3. The van der Waals surface area contributed by atoms with Crippen LogP contribution in [-0.4, -0.2) is 38.7 Å². The van der Waals surface area contributed by atoms with E-state index in [9.17, 15) is 9.59 Å². The first-order chi connectivity index (χ1) is 14.5. The van der Waals surface area contributed by atoms with E-state index in [0.29, 0.717) is 11.3 Å². The first-order valence-corrected chi connectivity index (χ1v) is 9.56. The van der Waals surface area contributed by atoms with Gasteiger partial charge in [0.2, 0.25) is 0 Å². The molecule has 0 unspecified atom stereocenters. The maximum atomic E-state index is 13.0. The Kier molecular flexibility index (Phi) is 6.95. The van der Waals surface area contributed by atoms with Gasteiger partial charge in [-0.25, -0.2) is 5.43 Å². The molecule has 152 valence electrons. The standard InChI is InChI=1S/C24H24N4O2/c1-27(2)21-15-13-19(14-16-21)17-25-26-23(29)18-28(22-11-7-4-8-12-22)24(30)20-9-5-3-6-10-20/h3-17H,18H2,1-2H3,(H,26,29)/b25-17-. The van der Waals surface area contributed by atoms with E-state index in [1.165, 1.54) is 4.90 Å². The summed E-state index contributed by atoms with van der Waals surface area (Å²) >= 11 is 0. The molecule has 3 rings (SSSR count). The molecule has 0 aliphatic heterocycles. The summed E-state index contributed by atoms with van der Waals surface area (Å²) in [5.41, 5.74) is 5.60. The number of nitrogens with zero attached hydrogens (tertiary/aromatic N) is 3. The normalized spacial score (nSPS) is 10.6. The maximum absolute atomic E-state index is 13.0. The molecule has 0 bridgehead atoms. The maximum Gasteiger partial charge on any atom is 0.260 e. The lowest BCUT2D eigenvalue weighted by molar-refractivity contribution is -0.119. The van der Waals surface area contributed by atoms with Gasteiger partial charge in [0, 0.05) is 31.0 Å². The van der Waals surface area contributed by atoms with Crippen molar-refractivity contribution in [2.75, 3.05) is 30.4 Å². The summed E-state index contributed by atoms with van der Waals surface area (Å²) in [4.78, 5) is 28.9. The van der Waals surface area contributed by atoms with Crippen LogP contribution in [0.3, 0.4) is 0 Å². The van der Waals surface area contributed by atoms with Crippen LogP contribution >= 0.6 is 0 Å². The molecule has 0 aromatic heterocycles. The molecule has 2 amide bonds. The molecule has 30 heavy (non-hydrogen) atoms. The molecule has 0 saturated heterocycles. The summed E-state index contributed by atoms with van der Waals surface area (Å²) in [5.74, 6) is -0.635. The molecule has 0 heterocycles. The number of amides is 2. The Morgan fingerprint density at radius 1 is 0.833 bits per heavy atom. The van der Waals surface area contributed by atoms with Crippen molar-refractivity contribution in [2.45, 2.75) is 0 Å². The Hall–Kier alpha value is -3.93. The Balaban J connectivity index is 1.68. The fourth-order valence-electron chi connectivity index (χ4n) is 2.84. The van der Waals surface area contributed by atoms with Crippen LogP contribution < -0.4 is 15.2 Å². The fourth-order valence-corrected chi connectivity index (χ4v) is 2.84. The summed E-state index contributed by atoms with van der Waals surface area (Å²) in [6.45, 7) is -0.144. The van der Waals surface area contributed by atoms with Crippen molar-refractivity contribution in [3.63, 3.8) is 0 Å². The quantitative estimate of drug-likeness (QED) is 0.487. The van der Waals surface area contributed by atoms with Gasteiger partial charge in [-0.15, -0.1) is 0 Å². The smallest absolute Gasteiger partial charge is 0.260 e. The average Bonchev–Trinajstić information content (AvgIpc) is 2.78. The minimum Gasteiger partial charge on any atom is -0.378 e. The molecule has 0 saturated carbocycles. The lowest BCUT2D eigenvalue weighted by atomic mass is 10.2. The van der Waals surface area contributed by atoms with Gasteiger partial charge < -0.3 is 4.90 Å². The van der Waals surface area contributed by atoms with Crippen LogP contribution in [0.25, 0.3) is 0 Å². The van der Waals surface area contributed by atoms with E-state index in [0.717, 1.165) is 11.3 Å². The summed E-state index contributed by atoms with van der Waals surface area (Å²) in [6.07, 6.45) is 1.57. The summed E-state index contributed by atoms with van der Waals surface area (Å²) in [7, 11) is 3.94. The lowest BCUT2D eigenvalue weighted by Gasteiger charge is -2.22. The molecule has 0 aliphatic carbocycles. The van der Waals surface area contributed by atoms with Crippen molar-refractivity contribution in [3.05, 3.63) is 96.1 Å². The van der Waals surface area contributed by atoms with Gasteiger partial charge in [0.1, 0.15) is 6.54 Å². The third-order valence-electron chi connectivity index (χ3n) is 4.45. The van der Waals surface area contributed by atoms with Crippen molar-refractivity contribution in [2.24, 2.45) is 5.10 Å². The topological polar surface area (TPSA) is 65.0 Å². The second kappa shape index (κ2) is 10.0. The van der Waals surface area contributed by atoms with Crippen molar-refractivity contribution in [1.29, 1.82) is 0 Å². The van der Waals surface area contributed by atoms with Crippen LogP contribution in [-0.2, 0) is 4.79 Å². The molecule has 0 spiro atoms. The van der Waals surface area contributed by atoms with Gasteiger partial charge in [0.05, 0.1) is 6.21 Å². The first-order valence-electron chi connectivity index (χ1n) is 9.56. The number of anilines is 2. The molecule has 0 aliphatic rings. The highest BCUT2D eigenvalue weighted by Crippen LogP contribution is 2.16. The molecule has 3 aromatic carbocycles. The first kappa shape index (κ1) is 20.8. The van der Waals surface area contributed by atoms with Gasteiger partial charge in [-0.05, 0) is 42.0 Å². The Morgan fingerprint density at radius 3 is 2.03 bits per heavy atom. The van der Waals surface area contributed by atoms with Crippen LogP contribution in [0.5, 0.6) is 0 Å². The van der Waals surface area contributed by atoms with E-state index in [4.69, 9.17) is 0 Å². The predicted molar refractivity (Wildman–Crippen MR) is 121 cm³/mol. The minimum atomic E-state index is -0.385. The van der Waals surface area contributed by atoms with E-state index in [1.807, 2.05) is 67.5 Å². The number of hydrazone groups is 1. The largest absolute Gasteiger partial charge is 0.378 e. The molecular weight excluding hydrogens is 376 g/mol. The number of nitrogens with one attached hydrogen (secondary N) is 1. The van der Waals surface area contributed by atoms with E-state index in [2.05, 4.69) is 10.5 Å².